The fourth-order valence-electron chi connectivity index (χ4n) is 0.953. The lowest BCUT2D eigenvalue weighted by Gasteiger charge is -2.10. The molecule has 6 heteroatoms. The number of aromatic nitrogens is 1. The molecule has 0 aromatic carbocycles. The van der Waals surface area contributed by atoms with E-state index in [0.29, 0.717) is 0 Å². The Kier molecular flexibility index (Phi) is 2.43. The lowest BCUT2D eigenvalue weighted by Crippen LogP contribution is -2.27. The van der Waals surface area contributed by atoms with E-state index in [1.165, 1.54) is 19.3 Å². The minimum absolute atomic E-state index is 0.0787. The third-order valence-electron chi connectivity index (χ3n) is 1.51. The molecule has 0 aliphatic rings. The monoisotopic (exact) mass is 182 g/mol. The number of aryl methyl sites for hydroxylation is 1. The van der Waals surface area contributed by atoms with Crippen LogP contribution >= 0.6 is 0 Å². The molecule has 0 saturated heterocycles. The maximum atomic E-state index is 10.6. The van der Waals surface area contributed by atoms with Crippen LogP contribution in [-0.2, 0) is 0 Å². The Morgan fingerprint density at radius 3 is 2.77 bits per heavy atom. The number of pyridine rings is 1. The lowest BCUT2D eigenvalue weighted by molar-refractivity contribution is -0.384. The summed E-state index contributed by atoms with van der Waals surface area (Å²) in [7, 11) is 1.50. The fourth-order valence-corrected chi connectivity index (χ4v) is 0.953. The van der Waals surface area contributed by atoms with Gasteiger partial charge in [-0.2, -0.15) is 0 Å². The second-order valence-electron chi connectivity index (χ2n) is 2.72. The number of nitro groups is 1. The molecule has 0 amide bonds. The van der Waals surface area contributed by atoms with E-state index < -0.39 is 4.92 Å². The van der Waals surface area contributed by atoms with Crippen LogP contribution in [0.5, 0.6) is 0 Å². The first-order valence-electron chi connectivity index (χ1n) is 3.62. The molecule has 70 valence electrons. The summed E-state index contributed by atoms with van der Waals surface area (Å²) in [5.41, 5.74) is 0.655. The van der Waals surface area contributed by atoms with Gasteiger partial charge in [-0.05, 0) is 12.5 Å². The van der Waals surface area contributed by atoms with Crippen LogP contribution in [0.25, 0.3) is 0 Å². The zero-order valence-corrected chi connectivity index (χ0v) is 7.39. The average Bonchev–Trinajstić information content (AvgIpc) is 2.03. The van der Waals surface area contributed by atoms with Crippen molar-refractivity contribution in [2.45, 2.75) is 6.92 Å². The first kappa shape index (κ1) is 9.40. The van der Waals surface area contributed by atoms with E-state index in [1.807, 2.05) is 0 Å². The van der Waals surface area contributed by atoms with Gasteiger partial charge < -0.3 is 0 Å². The third-order valence-corrected chi connectivity index (χ3v) is 1.51. The van der Waals surface area contributed by atoms with Gasteiger partial charge in [0.05, 0.1) is 4.92 Å². The molecule has 0 saturated carbocycles. The van der Waals surface area contributed by atoms with Gasteiger partial charge in [-0.1, -0.05) is 0 Å². The van der Waals surface area contributed by atoms with Gasteiger partial charge in [0.1, 0.15) is 0 Å². The Hall–Kier alpha value is -1.69. The van der Waals surface area contributed by atoms with Gasteiger partial charge in [0.25, 0.3) is 0 Å². The molecule has 0 aliphatic carbocycles. The highest BCUT2D eigenvalue weighted by atomic mass is 16.6. The minimum atomic E-state index is -0.501. The molecular formula is C7H10N4O2. The van der Waals surface area contributed by atoms with Crippen molar-refractivity contribution in [3.8, 4) is 0 Å². The normalized spacial score (nSPS) is 9.77. The highest BCUT2D eigenvalue weighted by Gasteiger charge is 2.16. The maximum Gasteiger partial charge on any atom is 0.313 e. The van der Waals surface area contributed by atoms with Crippen molar-refractivity contribution >= 4 is 11.5 Å². The number of anilines is 1. The molecule has 0 unspecified atom stereocenters. The smallest absolute Gasteiger partial charge is 0.292 e. The van der Waals surface area contributed by atoms with E-state index >= 15 is 0 Å². The van der Waals surface area contributed by atoms with Crippen LogP contribution in [0.1, 0.15) is 5.56 Å². The highest BCUT2D eigenvalue weighted by Crippen LogP contribution is 2.23. The molecular weight excluding hydrogens is 172 g/mol. The number of hydrazine groups is 1. The van der Waals surface area contributed by atoms with Gasteiger partial charge in [-0.15, -0.1) is 0 Å². The largest absolute Gasteiger partial charge is 0.313 e. The molecule has 1 rings (SSSR count). The summed E-state index contributed by atoms with van der Waals surface area (Å²) in [6.07, 6.45) is 1.53. The van der Waals surface area contributed by atoms with Crippen molar-refractivity contribution in [2.75, 3.05) is 12.1 Å². The second kappa shape index (κ2) is 3.36. The highest BCUT2D eigenvalue weighted by molar-refractivity contribution is 5.56. The predicted molar refractivity (Wildman–Crippen MR) is 48.2 cm³/mol. The molecule has 2 N–H and O–H groups in total. The van der Waals surface area contributed by atoms with Gasteiger partial charge in [0.2, 0.25) is 5.82 Å². The van der Waals surface area contributed by atoms with E-state index in [1.54, 1.807) is 6.92 Å². The topological polar surface area (TPSA) is 85.3 Å². The van der Waals surface area contributed by atoms with E-state index in [-0.39, 0.29) is 11.5 Å². The van der Waals surface area contributed by atoms with Crippen molar-refractivity contribution in [3.05, 3.63) is 27.9 Å². The minimum Gasteiger partial charge on any atom is -0.292 e. The van der Waals surface area contributed by atoms with E-state index in [2.05, 4.69) is 4.98 Å². The molecule has 0 fully saturated rings. The van der Waals surface area contributed by atoms with Crippen molar-refractivity contribution in [1.29, 1.82) is 0 Å². The Balaban J connectivity index is 3.27. The van der Waals surface area contributed by atoms with Crippen molar-refractivity contribution in [3.63, 3.8) is 0 Å². The average molecular weight is 182 g/mol. The lowest BCUT2D eigenvalue weighted by atomic mass is 10.3. The van der Waals surface area contributed by atoms with Crippen LogP contribution in [0.2, 0.25) is 0 Å². The molecule has 6 nitrogen and oxygen atoms in total. The van der Waals surface area contributed by atoms with Crippen molar-refractivity contribution < 1.29 is 4.92 Å². The molecule has 0 bridgehead atoms. The SMILES string of the molecule is Cc1cnc(N(C)N)c([N+](=O)[O-])c1. The summed E-state index contributed by atoms with van der Waals surface area (Å²) >= 11 is 0. The van der Waals surface area contributed by atoms with E-state index in [0.717, 1.165) is 10.6 Å². The molecule has 13 heavy (non-hydrogen) atoms. The van der Waals surface area contributed by atoms with Gasteiger partial charge in [-0.3, -0.25) is 15.1 Å². The first-order valence-corrected chi connectivity index (χ1v) is 3.62. The number of hydrogen-bond donors (Lipinski definition) is 1. The van der Waals surface area contributed by atoms with Crippen LogP contribution in [0, 0.1) is 17.0 Å². The first-order chi connectivity index (χ1) is 6.02. The van der Waals surface area contributed by atoms with Crippen LogP contribution in [0.15, 0.2) is 12.3 Å². The molecule has 0 spiro atoms. The fraction of sp³-hybridized carbons (Fsp3) is 0.286. The summed E-state index contributed by atoms with van der Waals surface area (Å²) in [5.74, 6) is 5.53. The molecule has 0 aliphatic heterocycles. The summed E-state index contributed by atoms with van der Waals surface area (Å²) in [4.78, 5) is 13.9. The molecule has 1 aromatic heterocycles. The van der Waals surface area contributed by atoms with Gasteiger partial charge in [0.15, 0.2) is 0 Å². The van der Waals surface area contributed by atoms with Gasteiger partial charge in [-0.25, -0.2) is 10.8 Å². The van der Waals surface area contributed by atoms with Crippen molar-refractivity contribution in [2.24, 2.45) is 5.84 Å². The van der Waals surface area contributed by atoms with Crippen molar-refractivity contribution in [1.82, 2.24) is 4.98 Å². The van der Waals surface area contributed by atoms with Gasteiger partial charge in [0, 0.05) is 19.3 Å². The summed E-state index contributed by atoms with van der Waals surface area (Å²) < 4.78 is 0. The Morgan fingerprint density at radius 2 is 2.31 bits per heavy atom. The zero-order valence-electron chi connectivity index (χ0n) is 7.39. The van der Waals surface area contributed by atoms with Crippen LogP contribution in [-0.4, -0.2) is 17.0 Å². The van der Waals surface area contributed by atoms with Gasteiger partial charge >= 0.3 is 5.69 Å². The number of hydrogen-bond acceptors (Lipinski definition) is 5. The molecule has 1 heterocycles. The van der Waals surface area contributed by atoms with Crippen LogP contribution in [0.3, 0.4) is 0 Å². The van der Waals surface area contributed by atoms with Crippen LogP contribution in [0.4, 0.5) is 11.5 Å². The second-order valence-corrected chi connectivity index (χ2v) is 2.72. The van der Waals surface area contributed by atoms with E-state index in [9.17, 15) is 10.1 Å². The quantitative estimate of drug-likeness (QED) is 0.411. The summed E-state index contributed by atoms with van der Waals surface area (Å²) in [6, 6.07) is 1.44. The number of nitrogens with two attached hydrogens (primary N) is 1. The van der Waals surface area contributed by atoms with E-state index in [4.69, 9.17) is 5.84 Å². The number of nitrogens with zero attached hydrogens (tertiary/aromatic N) is 3. The molecule has 0 atom stereocenters. The Bertz CT molecular complexity index is 337. The Morgan fingerprint density at radius 1 is 1.69 bits per heavy atom. The maximum absolute atomic E-state index is 10.6. The molecule has 1 aromatic rings. The summed E-state index contributed by atoms with van der Waals surface area (Å²) in [5, 5.41) is 11.7. The summed E-state index contributed by atoms with van der Waals surface area (Å²) in [6.45, 7) is 1.74. The Labute approximate surface area is 75.1 Å². The molecule has 0 radical (unpaired) electrons. The van der Waals surface area contributed by atoms with Crippen LogP contribution < -0.4 is 10.9 Å². The zero-order chi connectivity index (χ0) is 10.0. The standard InChI is InChI=1S/C7H10N4O2/c1-5-3-6(11(12)13)7(9-4-5)10(2)8/h3-4H,8H2,1-2H3. The predicted octanol–water partition coefficient (Wildman–Crippen LogP) is 0.608. The third kappa shape index (κ3) is 1.91. The number of rotatable bonds is 2.